The van der Waals surface area contributed by atoms with Gasteiger partial charge in [-0.2, -0.15) is 13.2 Å². The average molecular weight is 348 g/mol. The van der Waals surface area contributed by atoms with Crippen molar-refractivity contribution in [1.82, 2.24) is 9.47 Å². The second-order valence-corrected chi connectivity index (χ2v) is 7.09. The quantitative estimate of drug-likeness (QED) is 0.830. The number of piperidine rings is 1. The highest BCUT2D eigenvalue weighted by Crippen LogP contribution is 2.36. The summed E-state index contributed by atoms with van der Waals surface area (Å²) < 4.78 is 40.5. The van der Waals surface area contributed by atoms with E-state index in [1.54, 1.807) is 18.2 Å². The molecule has 2 bridgehead atoms. The van der Waals surface area contributed by atoms with Crippen molar-refractivity contribution in [2.75, 3.05) is 13.1 Å². The van der Waals surface area contributed by atoms with E-state index in [0.29, 0.717) is 24.6 Å². The highest BCUT2D eigenvalue weighted by molar-refractivity contribution is 5.26. The van der Waals surface area contributed by atoms with Crippen LogP contribution in [0.5, 0.6) is 0 Å². The van der Waals surface area contributed by atoms with Crippen LogP contribution in [0.15, 0.2) is 47.3 Å². The molecule has 0 amide bonds. The van der Waals surface area contributed by atoms with Crippen molar-refractivity contribution in [3.8, 4) is 0 Å². The van der Waals surface area contributed by atoms with Crippen LogP contribution in [0.3, 0.4) is 0 Å². The first-order valence-corrected chi connectivity index (χ1v) is 8.48. The molecule has 0 saturated carbocycles. The van der Waals surface area contributed by atoms with Crippen LogP contribution in [0.4, 0.5) is 13.2 Å². The molecule has 2 aliphatic rings. The fraction of sp³-hybridized carbons (Fsp3) is 0.421. The molecule has 4 rings (SSSR count). The predicted molar refractivity (Wildman–Crippen MR) is 88.3 cm³/mol. The summed E-state index contributed by atoms with van der Waals surface area (Å²) in [4.78, 5) is 14.3. The van der Waals surface area contributed by atoms with Gasteiger partial charge in [0.2, 0.25) is 0 Å². The van der Waals surface area contributed by atoms with E-state index in [9.17, 15) is 18.0 Å². The molecule has 2 unspecified atom stereocenters. The summed E-state index contributed by atoms with van der Waals surface area (Å²) >= 11 is 0. The molecule has 1 fully saturated rings. The third-order valence-corrected chi connectivity index (χ3v) is 5.22. The molecule has 0 N–H and O–H groups in total. The zero-order valence-electron chi connectivity index (χ0n) is 13.7. The monoisotopic (exact) mass is 348 g/mol. The summed E-state index contributed by atoms with van der Waals surface area (Å²) in [6.45, 7) is 2.79. The van der Waals surface area contributed by atoms with Gasteiger partial charge in [-0.1, -0.05) is 24.3 Å². The molecule has 3 nitrogen and oxygen atoms in total. The van der Waals surface area contributed by atoms with Gasteiger partial charge in [-0.25, -0.2) is 0 Å². The lowest BCUT2D eigenvalue weighted by atomic mass is 9.83. The molecule has 132 valence electrons. The Bertz CT molecular complexity index is 843. The molecule has 1 aromatic heterocycles. The van der Waals surface area contributed by atoms with Crippen molar-refractivity contribution in [2.24, 2.45) is 5.92 Å². The second kappa shape index (κ2) is 6.02. The molecule has 2 atom stereocenters. The Morgan fingerprint density at radius 3 is 2.64 bits per heavy atom. The molecule has 0 aliphatic carbocycles. The lowest BCUT2D eigenvalue weighted by Crippen LogP contribution is -2.46. The molecule has 0 spiro atoms. The minimum absolute atomic E-state index is 0.0403. The molecule has 25 heavy (non-hydrogen) atoms. The zero-order chi connectivity index (χ0) is 17.6. The minimum atomic E-state index is -4.31. The van der Waals surface area contributed by atoms with Gasteiger partial charge in [-0.05, 0) is 30.0 Å². The van der Waals surface area contributed by atoms with Gasteiger partial charge in [0.15, 0.2) is 0 Å². The largest absolute Gasteiger partial charge is 0.416 e. The summed E-state index contributed by atoms with van der Waals surface area (Å²) in [6.07, 6.45) is -3.27. The third kappa shape index (κ3) is 3.23. The lowest BCUT2D eigenvalue weighted by Gasteiger charge is -2.42. The standard InChI is InChI=1S/C19H19F3N2O/c20-19(21,22)16-4-1-3-13(8-16)9-23-10-14-7-15(12-23)17-5-2-6-18(25)24(17)11-14/h1-6,8,14-15H,7,9-12H2. The number of fused-ring (bicyclic) bond motifs is 4. The molecular formula is C19H19F3N2O. The number of nitrogens with zero attached hydrogens (tertiary/aromatic N) is 2. The van der Waals surface area contributed by atoms with E-state index >= 15 is 0 Å². The Hall–Kier alpha value is -2.08. The first-order chi connectivity index (χ1) is 11.9. The minimum Gasteiger partial charge on any atom is -0.312 e. The molecule has 2 aromatic rings. The highest BCUT2D eigenvalue weighted by Gasteiger charge is 2.35. The van der Waals surface area contributed by atoms with Gasteiger partial charge in [0.25, 0.3) is 5.56 Å². The van der Waals surface area contributed by atoms with Crippen LogP contribution in [0, 0.1) is 5.92 Å². The van der Waals surface area contributed by atoms with Crippen molar-refractivity contribution in [3.63, 3.8) is 0 Å². The molecule has 3 heterocycles. The maximum absolute atomic E-state index is 12.9. The number of likely N-dealkylation sites (tertiary alicyclic amines) is 1. The predicted octanol–water partition coefficient (Wildman–Crippen LogP) is 3.49. The first kappa shape index (κ1) is 16.4. The van der Waals surface area contributed by atoms with Gasteiger partial charge in [-0.3, -0.25) is 9.69 Å². The first-order valence-electron chi connectivity index (χ1n) is 8.48. The van der Waals surface area contributed by atoms with Crippen molar-refractivity contribution in [3.05, 3.63) is 69.6 Å². The van der Waals surface area contributed by atoms with Crippen LogP contribution in [0.1, 0.15) is 29.2 Å². The summed E-state index contributed by atoms with van der Waals surface area (Å²) in [5.41, 5.74) is 1.18. The maximum atomic E-state index is 12.9. The zero-order valence-corrected chi connectivity index (χ0v) is 13.7. The number of hydrogen-bond donors (Lipinski definition) is 0. The number of rotatable bonds is 2. The van der Waals surface area contributed by atoms with Crippen molar-refractivity contribution < 1.29 is 13.2 Å². The number of aromatic nitrogens is 1. The van der Waals surface area contributed by atoms with Gasteiger partial charge in [0.1, 0.15) is 0 Å². The summed E-state index contributed by atoms with van der Waals surface area (Å²) in [5.74, 6) is 0.643. The fourth-order valence-electron chi connectivity index (χ4n) is 4.23. The second-order valence-electron chi connectivity index (χ2n) is 7.09. The van der Waals surface area contributed by atoms with Crippen molar-refractivity contribution >= 4 is 0 Å². The Balaban J connectivity index is 1.54. The summed E-state index contributed by atoms with van der Waals surface area (Å²) in [7, 11) is 0. The summed E-state index contributed by atoms with van der Waals surface area (Å²) in [6, 6.07) is 10.9. The normalized spacial score (nSPS) is 23.3. The smallest absolute Gasteiger partial charge is 0.312 e. The van der Waals surface area contributed by atoms with Crippen molar-refractivity contribution in [2.45, 2.75) is 31.6 Å². The number of pyridine rings is 1. The number of hydrogen-bond acceptors (Lipinski definition) is 2. The molecule has 6 heteroatoms. The van der Waals surface area contributed by atoms with Gasteiger partial charge < -0.3 is 4.57 Å². The number of alkyl halides is 3. The van der Waals surface area contributed by atoms with E-state index in [2.05, 4.69) is 4.90 Å². The fourth-order valence-corrected chi connectivity index (χ4v) is 4.23. The Morgan fingerprint density at radius 2 is 1.84 bits per heavy atom. The summed E-state index contributed by atoms with van der Waals surface area (Å²) in [5, 5.41) is 0. The Morgan fingerprint density at radius 1 is 1.04 bits per heavy atom. The number of halogens is 3. The maximum Gasteiger partial charge on any atom is 0.416 e. The van der Waals surface area contributed by atoms with E-state index in [1.807, 2.05) is 10.6 Å². The molecule has 1 aromatic carbocycles. The molecule has 0 radical (unpaired) electrons. The van der Waals surface area contributed by atoms with E-state index in [1.165, 1.54) is 12.1 Å². The van der Waals surface area contributed by atoms with Gasteiger partial charge in [0, 0.05) is 43.9 Å². The molecule has 2 aliphatic heterocycles. The molecule has 1 saturated heterocycles. The average Bonchev–Trinajstić information content (AvgIpc) is 2.55. The topological polar surface area (TPSA) is 25.2 Å². The highest BCUT2D eigenvalue weighted by atomic mass is 19.4. The van der Waals surface area contributed by atoms with E-state index in [0.717, 1.165) is 31.3 Å². The van der Waals surface area contributed by atoms with E-state index < -0.39 is 11.7 Å². The Labute approximate surface area is 143 Å². The van der Waals surface area contributed by atoms with Crippen LogP contribution >= 0.6 is 0 Å². The van der Waals surface area contributed by atoms with E-state index in [-0.39, 0.29) is 11.5 Å². The lowest BCUT2D eigenvalue weighted by molar-refractivity contribution is -0.137. The molecular weight excluding hydrogens is 329 g/mol. The van der Waals surface area contributed by atoms with Crippen molar-refractivity contribution in [1.29, 1.82) is 0 Å². The van der Waals surface area contributed by atoms with Crippen LogP contribution in [0.25, 0.3) is 0 Å². The van der Waals surface area contributed by atoms with Crippen LogP contribution in [-0.2, 0) is 19.3 Å². The SMILES string of the molecule is O=c1cccc2n1CC1CC2CN(Cc2cccc(C(F)(F)F)c2)C1. The van der Waals surface area contributed by atoms with Crippen LogP contribution in [0.2, 0.25) is 0 Å². The number of benzene rings is 1. The Kier molecular flexibility index (Phi) is 3.95. The third-order valence-electron chi connectivity index (χ3n) is 5.22. The van der Waals surface area contributed by atoms with Crippen LogP contribution < -0.4 is 5.56 Å². The van der Waals surface area contributed by atoms with Gasteiger partial charge >= 0.3 is 6.18 Å². The van der Waals surface area contributed by atoms with Gasteiger partial charge in [-0.15, -0.1) is 0 Å². The van der Waals surface area contributed by atoms with Gasteiger partial charge in [0.05, 0.1) is 5.56 Å². The van der Waals surface area contributed by atoms with E-state index in [4.69, 9.17) is 0 Å². The van der Waals surface area contributed by atoms with Crippen LogP contribution in [-0.4, -0.2) is 22.6 Å².